The van der Waals surface area contributed by atoms with Gasteiger partial charge in [0.05, 0.1) is 6.54 Å². The van der Waals surface area contributed by atoms with Crippen molar-refractivity contribution in [2.45, 2.75) is 19.6 Å². The Morgan fingerprint density at radius 2 is 2.05 bits per heavy atom. The second kappa shape index (κ2) is 5.73. The number of fused-ring (bicyclic) bond motifs is 1. The highest BCUT2D eigenvalue weighted by molar-refractivity contribution is 5.90. The van der Waals surface area contributed by atoms with E-state index >= 15 is 0 Å². The van der Waals surface area contributed by atoms with Crippen molar-refractivity contribution in [3.63, 3.8) is 0 Å². The molecule has 0 spiro atoms. The highest BCUT2D eigenvalue weighted by Gasteiger charge is 2.47. The van der Waals surface area contributed by atoms with Crippen LogP contribution >= 0.6 is 0 Å². The minimum atomic E-state index is -0.348. The van der Waals surface area contributed by atoms with Crippen molar-refractivity contribution in [3.8, 4) is 0 Å². The van der Waals surface area contributed by atoms with Crippen LogP contribution < -0.4 is 5.32 Å². The van der Waals surface area contributed by atoms with Gasteiger partial charge in [-0.15, -0.1) is 0 Å². The van der Waals surface area contributed by atoms with Gasteiger partial charge in [-0.05, 0) is 12.5 Å². The number of likely N-dealkylation sites (N-methyl/N-ethyl adjacent to an activating group) is 1. The summed E-state index contributed by atoms with van der Waals surface area (Å²) in [7, 11) is 0. The van der Waals surface area contributed by atoms with Gasteiger partial charge in [0.2, 0.25) is 5.91 Å². The summed E-state index contributed by atoms with van der Waals surface area (Å²) in [5, 5.41) is 4.21. The lowest BCUT2D eigenvalue weighted by atomic mass is 9.99. The van der Waals surface area contributed by atoms with Crippen LogP contribution in [-0.4, -0.2) is 47.6 Å². The van der Waals surface area contributed by atoms with Gasteiger partial charge < -0.3 is 10.2 Å². The third kappa shape index (κ3) is 2.58. The lowest BCUT2D eigenvalue weighted by molar-refractivity contribution is -0.162. The number of rotatable bonds is 4. The zero-order valence-electron chi connectivity index (χ0n) is 12.0. The molecule has 0 radical (unpaired) electrons. The molecule has 2 heterocycles. The van der Waals surface area contributed by atoms with Crippen molar-refractivity contribution in [2.24, 2.45) is 5.92 Å². The predicted molar refractivity (Wildman–Crippen MR) is 76.0 cm³/mol. The summed E-state index contributed by atoms with van der Waals surface area (Å²) >= 11 is 0. The number of urea groups is 1. The van der Waals surface area contributed by atoms with Gasteiger partial charge in [-0.3, -0.25) is 9.63 Å². The summed E-state index contributed by atoms with van der Waals surface area (Å²) in [5.74, 6) is 0.0313. The zero-order valence-corrected chi connectivity index (χ0v) is 12.0. The number of carbonyl (C=O) groups is 2. The van der Waals surface area contributed by atoms with Gasteiger partial charge in [0.25, 0.3) is 0 Å². The van der Waals surface area contributed by atoms with Crippen LogP contribution in [0, 0.1) is 5.92 Å². The minimum absolute atomic E-state index is 0.0575. The van der Waals surface area contributed by atoms with Crippen molar-refractivity contribution < 1.29 is 14.4 Å². The fourth-order valence-electron chi connectivity index (χ4n) is 2.94. The van der Waals surface area contributed by atoms with Crippen LogP contribution in [0.4, 0.5) is 4.79 Å². The van der Waals surface area contributed by atoms with Crippen molar-refractivity contribution >= 4 is 11.9 Å². The Bertz CT molecular complexity index is 534. The fourth-order valence-corrected chi connectivity index (χ4v) is 2.94. The van der Waals surface area contributed by atoms with E-state index in [-0.39, 0.29) is 23.9 Å². The fraction of sp³-hybridized carbons (Fsp3) is 0.467. The maximum Gasteiger partial charge on any atom is 0.344 e. The highest BCUT2D eigenvalue weighted by atomic mass is 16.7. The number of amides is 3. The molecular weight excluding hydrogens is 270 g/mol. The largest absolute Gasteiger partial charge is 0.354 e. The Balaban J connectivity index is 1.69. The first-order chi connectivity index (χ1) is 10.2. The first kappa shape index (κ1) is 13.9. The molecule has 21 heavy (non-hydrogen) atoms. The van der Waals surface area contributed by atoms with E-state index in [1.165, 1.54) is 5.06 Å². The number of carbonyl (C=O) groups excluding carboxylic acids is 2. The molecule has 0 aliphatic carbocycles. The highest BCUT2D eigenvalue weighted by Crippen LogP contribution is 2.25. The van der Waals surface area contributed by atoms with E-state index in [9.17, 15) is 9.59 Å². The lowest BCUT2D eigenvalue weighted by Gasteiger charge is -2.40. The quantitative estimate of drug-likeness (QED) is 0.899. The molecule has 2 fully saturated rings. The Kier molecular flexibility index (Phi) is 3.79. The molecule has 1 aromatic rings. The number of hydroxylamine groups is 2. The van der Waals surface area contributed by atoms with Crippen LogP contribution in [0.3, 0.4) is 0 Å². The smallest absolute Gasteiger partial charge is 0.344 e. The van der Waals surface area contributed by atoms with Gasteiger partial charge in [0.15, 0.2) is 0 Å². The molecule has 2 aliphatic rings. The maximum absolute atomic E-state index is 12.4. The van der Waals surface area contributed by atoms with E-state index in [1.807, 2.05) is 37.3 Å². The third-order valence-electron chi connectivity index (χ3n) is 4.02. The molecule has 0 unspecified atom stereocenters. The first-order valence-electron chi connectivity index (χ1n) is 7.23. The Morgan fingerprint density at radius 3 is 2.76 bits per heavy atom. The number of hydrogen-bond acceptors (Lipinski definition) is 3. The Labute approximate surface area is 123 Å². The maximum atomic E-state index is 12.4. The topological polar surface area (TPSA) is 61.9 Å². The summed E-state index contributed by atoms with van der Waals surface area (Å²) in [4.78, 5) is 31.5. The van der Waals surface area contributed by atoms with Crippen molar-refractivity contribution in [2.75, 3.05) is 19.6 Å². The van der Waals surface area contributed by atoms with Crippen molar-refractivity contribution in [1.29, 1.82) is 0 Å². The van der Waals surface area contributed by atoms with E-state index < -0.39 is 0 Å². The van der Waals surface area contributed by atoms with Gasteiger partial charge in [0.1, 0.15) is 12.6 Å². The summed E-state index contributed by atoms with van der Waals surface area (Å²) in [6.45, 7) is 3.77. The number of nitrogens with one attached hydrogen (secondary N) is 1. The molecule has 6 nitrogen and oxygen atoms in total. The summed E-state index contributed by atoms with van der Waals surface area (Å²) in [5.41, 5.74) is 1.01. The van der Waals surface area contributed by atoms with Crippen LogP contribution in [0.1, 0.15) is 12.5 Å². The second-order valence-corrected chi connectivity index (χ2v) is 5.34. The predicted octanol–water partition coefficient (Wildman–Crippen LogP) is 0.990. The molecule has 2 aliphatic heterocycles. The summed E-state index contributed by atoms with van der Waals surface area (Å²) in [6, 6.07) is 9.14. The molecule has 6 heteroatoms. The molecule has 0 aromatic heterocycles. The van der Waals surface area contributed by atoms with Gasteiger partial charge in [0, 0.05) is 19.0 Å². The molecule has 2 atom stereocenters. The normalized spacial score (nSPS) is 25.0. The molecule has 1 N–H and O–H groups in total. The van der Waals surface area contributed by atoms with Crippen LogP contribution in [0.5, 0.6) is 0 Å². The van der Waals surface area contributed by atoms with E-state index in [0.717, 1.165) is 5.56 Å². The molecule has 0 saturated carbocycles. The number of nitrogens with zero attached hydrogens (tertiary/aromatic N) is 2. The van der Waals surface area contributed by atoms with Crippen LogP contribution in [0.2, 0.25) is 0 Å². The molecular formula is C15H19N3O3. The van der Waals surface area contributed by atoms with Gasteiger partial charge in [-0.1, -0.05) is 30.3 Å². The van der Waals surface area contributed by atoms with E-state index in [4.69, 9.17) is 4.84 Å². The number of hydrogen-bond donors (Lipinski definition) is 1. The SMILES string of the molecule is CCN1C(=O)N(OCc2ccccc2)C[C@H]2CNC(=O)[C@H]21. The summed E-state index contributed by atoms with van der Waals surface area (Å²) < 4.78 is 0. The first-order valence-corrected chi connectivity index (χ1v) is 7.23. The average molecular weight is 289 g/mol. The molecule has 3 amide bonds. The molecule has 2 saturated heterocycles. The van der Waals surface area contributed by atoms with Gasteiger partial charge >= 0.3 is 6.03 Å². The van der Waals surface area contributed by atoms with E-state index in [2.05, 4.69) is 5.32 Å². The minimum Gasteiger partial charge on any atom is -0.354 e. The van der Waals surface area contributed by atoms with E-state index in [1.54, 1.807) is 4.90 Å². The average Bonchev–Trinajstić information content (AvgIpc) is 2.87. The standard InChI is InChI=1S/C15H19N3O3/c1-2-17-13-12(8-16-14(13)19)9-18(15(17)20)21-10-11-6-4-3-5-7-11/h3-7,12-13H,2,8-10H2,1H3,(H,16,19)/t12-,13+/m1/s1. The van der Waals surface area contributed by atoms with Crippen LogP contribution in [0.25, 0.3) is 0 Å². The summed E-state index contributed by atoms with van der Waals surface area (Å²) in [6.07, 6.45) is 0. The Hall–Kier alpha value is -2.08. The second-order valence-electron chi connectivity index (χ2n) is 5.34. The Morgan fingerprint density at radius 1 is 1.29 bits per heavy atom. The monoisotopic (exact) mass is 289 g/mol. The van der Waals surface area contributed by atoms with Crippen molar-refractivity contribution in [1.82, 2.24) is 15.3 Å². The molecule has 0 bridgehead atoms. The van der Waals surface area contributed by atoms with Crippen LogP contribution in [0.15, 0.2) is 30.3 Å². The van der Waals surface area contributed by atoms with Crippen LogP contribution in [-0.2, 0) is 16.2 Å². The van der Waals surface area contributed by atoms with Gasteiger partial charge in [-0.25, -0.2) is 9.86 Å². The molecule has 112 valence electrons. The number of benzene rings is 1. The van der Waals surface area contributed by atoms with E-state index in [0.29, 0.717) is 26.2 Å². The van der Waals surface area contributed by atoms with Crippen molar-refractivity contribution in [3.05, 3.63) is 35.9 Å². The zero-order chi connectivity index (χ0) is 14.8. The lowest BCUT2D eigenvalue weighted by Crippen LogP contribution is -2.59. The van der Waals surface area contributed by atoms with Gasteiger partial charge in [-0.2, -0.15) is 0 Å². The molecule has 3 rings (SSSR count). The molecule has 1 aromatic carbocycles. The third-order valence-corrected chi connectivity index (χ3v) is 4.02.